The molecule has 0 amide bonds. The second-order valence-electron chi connectivity index (χ2n) is 5.03. The molecular weight excluding hydrogens is 308 g/mol. The number of nitrogens with one attached hydrogen (secondary N) is 1. The molecule has 122 valence electrons. The van der Waals surface area contributed by atoms with Crippen molar-refractivity contribution in [3.63, 3.8) is 0 Å². The Morgan fingerprint density at radius 1 is 1.23 bits per heavy atom. The largest absolute Gasteiger partial charge is 0.481 e. The summed E-state index contributed by atoms with van der Waals surface area (Å²) < 4.78 is 0. The lowest BCUT2D eigenvalue weighted by Crippen LogP contribution is -2.32. The molecule has 1 aromatic carbocycles. The Morgan fingerprint density at radius 2 is 1.86 bits per heavy atom. The fraction of sp³-hybridized carbons (Fsp3) is 0.467. The topological polar surface area (TPSA) is 113 Å². The molecule has 7 heteroatoms. The molecule has 0 saturated carbocycles. The van der Waals surface area contributed by atoms with Gasteiger partial charge in [-0.25, -0.2) is 0 Å². The first-order valence-corrected chi connectivity index (χ1v) is 7.55. The summed E-state index contributed by atoms with van der Waals surface area (Å²) in [5, 5.41) is 19.4. The van der Waals surface area contributed by atoms with Crippen LogP contribution < -0.4 is 11.1 Å². The minimum absolute atomic E-state index is 0.532. The summed E-state index contributed by atoms with van der Waals surface area (Å²) in [4.78, 5) is 19.6. The number of carboxylic acids is 2. The number of hydrogen-bond acceptors (Lipinski definition) is 4. The summed E-state index contributed by atoms with van der Waals surface area (Å²) in [6.07, 6.45) is 1.76. The Bertz CT molecular complexity index is 522. The lowest BCUT2D eigenvalue weighted by molar-refractivity contribution is -0.144. The van der Waals surface area contributed by atoms with Crippen LogP contribution in [-0.4, -0.2) is 41.3 Å². The van der Waals surface area contributed by atoms with Crippen LogP contribution in [0.4, 0.5) is 0 Å². The minimum Gasteiger partial charge on any atom is -0.481 e. The van der Waals surface area contributed by atoms with E-state index >= 15 is 0 Å². The predicted octanol–water partition coefficient (Wildman–Crippen LogP) is 0.987. The lowest BCUT2D eigenvalue weighted by Gasteiger charge is -2.06. The molecule has 0 bridgehead atoms. The SMILES string of the molecule is ClCc1ccc2c(c1)CCNCC2.N[C@@H](CC(=O)O)C(=O)O. The molecule has 0 saturated heterocycles. The average Bonchev–Trinajstić information content (AvgIpc) is 2.71. The molecule has 22 heavy (non-hydrogen) atoms. The molecule has 6 nitrogen and oxygen atoms in total. The molecule has 0 aromatic heterocycles. The summed E-state index contributed by atoms with van der Waals surface area (Å²) in [6, 6.07) is 5.31. The molecule has 0 radical (unpaired) electrons. The zero-order valence-electron chi connectivity index (χ0n) is 12.2. The maximum absolute atomic E-state index is 9.85. The Morgan fingerprint density at radius 3 is 2.36 bits per heavy atom. The Balaban J connectivity index is 0.000000239. The molecule has 5 N–H and O–H groups in total. The van der Waals surface area contributed by atoms with Crippen LogP contribution >= 0.6 is 11.6 Å². The van der Waals surface area contributed by atoms with Gasteiger partial charge in [0.05, 0.1) is 6.42 Å². The van der Waals surface area contributed by atoms with Crippen molar-refractivity contribution in [3.05, 3.63) is 34.9 Å². The van der Waals surface area contributed by atoms with Gasteiger partial charge in [0, 0.05) is 5.88 Å². The van der Waals surface area contributed by atoms with Crippen LogP contribution in [0, 0.1) is 0 Å². The quantitative estimate of drug-likeness (QED) is 0.613. The molecule has 1 aromatic rings. The zero-order chi connectivity index (χ0) is 16.5. The van der Waals surface area contributed by atoms with Gasteiger partial charge in [-0.05, 0) is 42.6 Å². The van der Waals surface area contributed by atoms with Crippen molar-refractivity contribution in [1.29, 1.82) is 0 Å². The van der Waals surface area contributed by atoms with E-state index in [1.165, 1.54) is 16.7 Å². The van der Waals surface area contributed by atoms with Crippen molar-refractivity contribution in [1.82, 2.24) is 5.32 Å². The van der Waals surface area contributed by atoms with Crippen molar-refractivity contribution in [2.45, 2.75) is 31.2 Å². The van der Waals surface area contributed by atoms with E-state index in [9.17, 15) is 9.59 Å². The molecule has 0 aliphatic carbocycles. The lowest BCUT2D eigenvalue weighted by atomic mass is 10.0. The maximum Gasteiger partial charge on any atom is 0.321 e. The summed E-state index contributed by atoms with van der Waals surface area (Å²) >= 11 is 5.79. The fourth-order valence-electron chi connectivity index (χ4n) is 2.09. The average molecular weight is 329 g/mol. The molecule has 1 aliphatic rings. The number of rotatable bonds is 4. The highest BCUT2D eigenvalue weighted by Gasteiger charge is 2.14. The third-order valence-corrected chi connectivity index (χ3v) is 3.59. The van der Waals surface area contributed by atoms with Gasteiger partial charge in [-0.2, -0.15) is 0 Å². The highest BCUT2D eigenvalue weighted by molar-refractivity contribution is 6.17. The fourth-order valence-corrected chi connectivity index (χ4v) is 2.25. The molecular formula is C15H21ClN2O4. The first kappa shape index (κ1) is 18.4. The second kappa shape index (κ2) is 9.40. The van der Waals surface area contributed by atoms with E-state index in [0.717, 1.165) is 25.9 Å². The number of alkyl halides is 1. The molecule has 0 fully saturated rings. The Hall–Kier alpha value is -1.63. The van der Waals surface area contributed by atoms with Crippen molar-refractivity contribution in [3.8, 4) is 0 Å². The van der Waals surface area contributed by atoms with Gasteiger partial charge < -0.3 is 21.3 Å². The summed E-state index contributed by atoms with van der Waals surface area (Å²) in [6.45, 7) is 2.20. The smallest absolute Gasteiger partial charge is 0.321 e. The van der Waals surface area contributed by atoms with E-state index in [1.807, 2.05) is 0 Å². The number of halogens is 1. The molecule has 2 rings (SSSR count). The van der Waals surface area contributed by atoms with Gasteiger partial charge >= 0.3 is 11.9 Å². The van der Waals surface area contributed by atoms with E-state index in [4.69, 9.17) is 27.5 Å². The maximum atomic E-state index is 9.85. The van der Waals surface area contributed by atoms with Crippen LogP contribution in [0.5, 0.6) is 0 Å². The number of carbonyl (C=O) groups is 2. The summed E-state index contributed by atoms with van der Waals surface area (Å²) in [5.74, 6) is -1.87. The summed E-state index contributed by atoms with van der Waals surface area (Å²) in [7, 11) is 0. The first-order valence-electron chi connectivity index (χ1n) is 7.01. The zero-order valence-corrected chi connectivity index (χ0v) is 13.0. The van der Waals surface area contributed by atoms with Crippen LogP contribution in [0.1, 0.15) is 23.1 Å². The van der Waals surface area contributed by atoms with Crippen LogP contribution in [0.15, 0.2) is 18.2 Å². The number of aliphatic carboxylic acids is 2. The van der Waals surface area contributed by atoms with Gasteiger partial charge in [0.25, 0.3) is 0 Å². The normalized spacial score (nSPS) is 14.8. The molecule has 1 heterocycles. The second-order valence-corrected chi connectivity index (χ2v) is 5.30. The Labute approximate surface area is 134 Å². The van der Waals surface area contributed by atoms with Crippen LogP contribution in [0.2, 0.25) is 0 Å². The van der Waals surface area contributed by atoms with Crippen molar-refractivity contribution in [2.75, 3.05) is 13.1 Å². The van der Waals surface area contributed by atoms with E-state index in [1.54, 1.807) is 0 Å². The number of benzene rings is 1. The van der Waals surface area contributed by atoms with Gasteiger partial charge in [-0.3, -0.25) is 9.59 Å². The van der Waals surface area contributed by atoms with Gasteiger partial charge in [-0.1, -0.05) is 18.2 Å². The van der Waals surface area contributed by atoms with Gasteiger partial charge in [0.15, 0.2) is 0 Å². The number of hydrogen-bond donors (Lipinski definition) is 4. The van der Waals surface area contributed by atoms with E-state index in [2.05, 4.69) is 23.5 Å². The highest BCUT2D eigenvalue weighted by Crippen LogP contribution is 2.16. The third-order valence-electron chi connectivity index (χ3n) is 3.28. The summed E-state index contributed by atoms with van der Waals surface area (Å²) in [5.41, 5.74) is 9.04. The van der Waals surface area contributed by atoms with E-state index in [0.29, 0.717) is 5.88 Å². The van der Waals surface area contributed by atoms with E-state index < -0.39 is 24.4 Å². The van der Waals surface area contributed by atoms with Crippen molar-refractivity contribution < 1.29 is 19.8 Å². The molecule has 1 aliphatic heterocycles. The first-order chi connectivity index (χ1) is 10.4. The van der Waals surface area contributed by atoms with Crippen LogP contribution in [-0.2, 0) is 28.3 Å². The number of carboxylic acid groups (broad SMARTS) is 2. The highest BCUT2D eigenvalue weighted by atomic mass is 35.5. The van der Waals surface area contributed by atoms with E-state index in [-0.39, 0.29) is 0 Å². The van der Waals surface area contributed by atoms with Gasteiger partial charge in [-0.15, -0.1) is 11.6 Å². The number of nitrogens with two attached hydrogens (primary N) is 1. The van der Waals surface area contributed by atoms with Crippen LogP contribution in [0.25, 0.3) is 0 Å². The minimum atomic E-state index is -1.29. The van der Waals surface area contributed by atoms with Gasteiger partial charge in [0.2, 0.25) is 0 Å². The number of fused-ring (bicyclic) bond motifs is 1. The standard InChI is InChI=1S/C11H14ClN.C4H7NO4/c12-8-9-1-2-10-3-5-13-6-4-11(10)7-9;5-2(4(8)9)1-3(6)7/h1-2,7,13H,3-6,8H2;2H,1,5H2,(H,6,7)(H,8,9)/t;2-/m.0/s1. The predicted molar refractivity (Wildman–Crippen MR) is 84.1 cm³/mol. The van der Waals surface area contributed by atoms with Crippen molar-refractivity contribution in [2.24, 2.45) is 5.73 Å². The van der Waals surface area contributed by atoms with Crippen LogP contribution in [0.3, 0.4) is 0 Å². The monoisotopic (exact) mass is 328 g/mol. The molecule has 1 atom stereocenters. The van der Waals surface area contributed by atoms with Crippen molar-refractivity contribution >= 4 is 23.5 Å². The van der Waals surface area contributed by atoms with Gasteiger partial charge in [0.1, 0.15) is 6.04 Å². The third kappa shape index (κ3) is 6.43. The molecule has 0 unspecified atom stereocenters. The molecule has 0 spiro atoms. The Kier molecular flexibility index (Phi) is 7.87.